The number of ether oxygens (including phenoxy) is 1. The van der Waals surface area contributed by atoms with Crippen molar-refractivity contribution in [2.24, 2.45) is 11.8 Å². The van der Waals surface area contributed by atoms with Crippen molar-refractivity contribution in [3.8, 4) is 0 Å². The fraction of sp³-hybridized carbons (Fsp3) is 0.444. The zero-order valence-corrected chi connectivity index (χ0v) is 13.3. The number of hydrogen-bond acceptors (Lipinski definition) is 4. The summed E-state index contributed by atoms with van der Waals surface area (Å²) in [6, 6.07) is 4.02. The molecule has 0 aromatic carbocycles. The summed E-state index contributed by atoms with van der Waals surface area (Å²) in [5.41, 5.74) is 3.64. The first kappa shape index (κ1) is 14.0. The van der Waals surface area contributed by atoms with Gasteiger partial charge in [-0.2, -0.15) is 0 Å². The molecule has 2 aromatic rings. The molecule has 1 saturated heterocycles. The van der Waals surface area contributed by atoms with Gasteiger partial charge in [0, 0.05) is 18.4 Å². The SMILES string of the molecule is O=Cc1cc2c([nH]1)N(c1cc3c([nH]1)C(=O)C(C1COC1)C3)CCC2. The fourth-order valence-corrected chi connectivity index (χ4v) is 4.17. The number of H-pyrrole nitrogens is 2. The average molecular weight is 325 g/mol. The van der Waals surface area contributed by atoms with Gasteiger partial charge in [-0.3, -0.25) is 9.59 Å². The molecule has 2 N–H and O–H groups in total. The Labute approximate surface area is 139 Å². The Morgan fingerprint density at radius 3 is 2.79 bits per heavy atom. The van der Waals surface area contributed by atoms with Crippen molar-refractivity contribution in [3.05, 3.63) is 34.6 Å². The minimum atomic E-state index is 0.0816. The van der Waals surface area contributed by atoms with Crippen LogP contribution in [-0.4, -0.2) is 41.8 Å². The van der Waals surface area contributed by atoms with Crippen LogP contribution in [0.15, 0.2) is 12.1 Å². The molecule has 6 nitrogen and oxygen atoms in total. The third-order valence-corrected chi connectivity index (χ3v) is 5.55. The molecule has 1 aliphatic carbocycles. The molecule has 0 bridgehead atoms. The third kappa shape index (κ3) is 1.92. The predicted molar refractivity (Wildman–Crippen MR) is 88.1 cm³/mol. The maximum absolute atomic E-state index is 12.7. The molecule has 5 rings (SSSR count). The zero-order chi connectivity index (χ0) is 16.3. The topological polar surface area (TPSA) is 78.2 Å². The molecule has 2 aromatic heterocycles. The molecule has 6 heteroatoms. The molecular weight excluding hydrogens is 306 g/mol. The average Bonchev–Trinajstić information content (AvgIpc) is 3.20. The second-order valence-electron chi connectivity index (χ2n) is 7.00. The van der Waals surface area contributed by atoms with Gasteiger partial charge in [0.15, 0.2) is 12.1 Å². The van der Waals surface area contributed by atoms with Crippen LogP contribution >= 0.6 is 0 Å². The fourth-order valence-electron chi connectivity index (χ4n) is 4.17. The van der Waals surface area contributed by atoms with Crippen molar-refractivity contribution >= 4 is 23.7 Å². The number of aryl methyl sites for hydroxylation is 1. The van der Waals surface area contributed by atoms with Crippen LogP contribution in [0.25, 0.3) is 0 Å². The highest BCUT2D eigenvalue weighted by Gasteiger charge is 2.41. The van der Waals surface area contributed by atoms with Gasteiger partial charge in [0.25, 0.3) is 0 Å². The van der Waals surface area contributed by atoms with Gasteiger partial charge in [0.05, 0.1) is 24.6 Å². The van der Waals surface area contributed by atoms with Gasteiger partial charge in [-0.15, -0.1) is 0 Å². The van der Waals surface area contributed by atoms with Gasteiger partial charge in [-0.1, -0.05) is 0 Å². The summed E-state index contributed by atoms with van der Waals surface area (Å²) in [7, 11) is 0. The lowest BCUT2D eigenvalue weighted by molar-refractivity contribution is -0.0527. The second kappa shape index (κ2) is 5.08. The van der Waals surface area contributed by atoms with Crippen LogP contribution in [0.3, 0.4) is 0 Å². The van der Waals surface area contributed by atoms with E-state index in [9.17, 15) is 9.59 Å². The van der Waals surface area contributed by atoms with Crippen LogP contribution in [0.5, 0.6) is 0 Å². The molecule has 0 radical (unpaired) electrons. The number of nitrogens with one attached hydrogen (secondary N) is 2. The van der Waals surface area contributed by atoms with Gasteiger partial charge in [0.1, 0.15) is 11.6 Å². The number of nitrogens with zero attached hydrogens (tertiary/aromatic N) is 1. The van der Waals surface area contributed by atoms with E-state index in [0.717, 1.165) is 60.5 Å². The molecule has 1 fully saturated rings. The van der Waals surface area contributed by atoms with E-state index in [1.807, 2.05) is 6.07 Å². The quantitative estimate of drug-likeness (QED) is 0.849. The molecule has 0 saturated carbocycles. The first-order valence-electron chi connectivity index (χ1n) is 8.53. The lowest BCUT2D eigenvalue weighted by Gasteiger charge is -2.30. The van der Waals surface area contributed by atoms with Crippen LogP contribution in [0, 0.1) is 11.8 Å². The Morgan fingerprint density at radius 2 is 2.08 bits per heavy atom. The molecule has 0 amide bonds. The van der Waals surface area contributed by atoms with E-state index in [0.29, 0.717) is 24.8 Å². The van der Waals surface area contributed by atoms with Gasteiger partial charge in [0.2, 0.25) is 0 Å². The second-order valence-corrected chi connectivity index (χ2v) is 7.00. The highest BCUT2D eigenvalue weighted by Crippen LogP contribution is 2.39. The number of aromatic nitrogens is 2. The third-order valence-electron chi connectivity index (χ3n) is 5.55. The summed E-state index contributed by atoms with van der Waals surface area (Å²) in [4.78, 5) is 32.4. The largest absolute Gasteiger partial charge is 0.381 e. The van der Waals surface area contributed by atoms with Gasteiger partial charge < -0.3 is 19.6 Å². The molecular formula is C18H19N3O3. The van der Waals surface area contributed by atoms with Crippen molar-refractivity contribution in [1.29, 1.82) is 0 Å². The highest BCUT2D eigenvalue weighted by molar-refractivity contribution is 6.01. The molecule has 1 atom stereocenters. The van der Waals surface area contributed by atoms with E-state index in [2.05, 4.69) is 20.9 Å². The summed E-state index contributed by atoms with van der Waals surface area (Å²) in [5.74, 6) is 2.60. The van der Waals surface area contributed by atoms with Gasteiger partial charge in [-0.25, -0.2) is 0 Å². The Hall–Kier alpha value is -2.34. The molecule has 3 aliphatic rings. The molecule has 4 heterocycles. The Balaban J connectivity index is 1.46. The van der Waals surface area contributed by atoms with Crippen LogP contribution in [-0.2, 0) is 17.6 Å². The number of aldehydes is 1. The number of anilines is 2. The number of rotatable bonds is 3. The molecule has 24 heavy (non-hydrogen) atoms. The standard InChI is InChI=1S/C18H19N3O3/c22-7-13-4-10-2-1-3-21(18(10)19-13)15-6-11-5-14(12-8-24-9-12)17(23)16(11)20-15/h4,6-7,12,14,19-20H,1-3,5,8-9H2. The number of Topliss-reactive ketones (excluding diaryl/α,β-unsaturated/α-hetero) is 1. The van der Waals surface area contributed by atoms with Crippen molar-refractivity contribution in [3.63, 3.8) is 0 Å². The molecule has 2 aliphatic heterocycles. The number of aromatic amines is 2. The summed E-state index contributed by atoms with van der Waals surface area (Å²) in [5, 5.41) is 0. The highest BCUT2D eigenvalue weighted by atomic mass is 16.5. The van der Waals surface area contributed by atoms with Crippen LogP contribution in [0.4, 0.5) is 11.6 Å². The van der Waals surface area contributed by atoms with Crippen LogP contribution < -0.4 is 4.90 Å². The number of ketones is 1. The summed E-state index contributed by atoms with van der Waals surface area (Å²) < 4.78 is 5.24. The van der Waals surface area contributed by atoms with Crippen molar-refractivity contribution < 1.29 is 14.3 Å². The maximum Gasteiger partial charge on any atom is 0.183 e. The lowest BCUT2D eigenvalue weighted by Crippen LogP contribution is -2.37. The Morgan fingerprint density at radius 1 is 1.21 bits per heavy atom. The van der Waals surface area contributed by atoms with E-state index in [1.165, 1.54) is 0 Å². The zero-order valence-electron chi connectivity index (χ0n) is 13.3. The van der Waals surface area contributed by atoms with Gasteiger partial charge >= 0.3 is 0 Å². The van der Waals surface area contributed by atoms with Crippen molar-refractivity contribution in [1.82, 2.24) is 9.97 Å². The predicted octanol–water partition coefficient (Wildman–Crippen LogP) is 2.24. The normalized spacial score (nSPS) is 23.1. The Bertz CT molecular complexity index is 831. The van der Waals surface area contributed by atoms with E-state index >= 15 is 0 Å². The Kier molecular flexibility index (Phi) is 2.97. The van der Waals surface area contributed by atoms with E-state index in [1.54, 1.807) is 0 Å². The summed E-state index contributed by atoms with van der Waals surface area (Å²) >= 11 is 0. The van der Waals surface area contributed by atoms with E-state index in [4.69, 9.17) is 4.74 Å². The van der Waals surface area contributed by atoms with Crippen molar-refractivity contribution in [2.45, 2.75) is 19.3 Å². The minimum Gasteiger partial charge on any atom is -0.381 e. The molecule has 0 spiro atoms. The monoisotopic (exact) mass is 325 g/mol. The van der Waals surface area contributed by atoms with Crippen molar-refractivity contribution in [2.75, 3.05) is 24.7 Å². The number of carbonyl (C=O) groups is 2. The summed E-state index contributed by atoms with van der Waals surface area (Å²) in [6.07, 6.45) is 3.66. The smallest absolute Gasteiger partial charge is 0.183 e. The van der Waals surface area contributed by atoms with E-state index in [-0.39, 0.29) is 11.7 Å². The first-order valence-corrected chi connectivity index (χ1v) is 8.53. The maximum atomic E-state index is 12.7. The van der Waals surface area contributed by atoms with Gasteiger partial charge in [-0.05, 0) is 42.5 Å². The number of fused-ring (bicyclic) bond motifs is 2. The van der Waals surface area contributed by atoms with Crippen LogP contribution in [0.2, 0.25) is 0 Å². The number of hydrogen-bond donors (Lipinski definition) is 2. The van der Waals surface area contributed by atoms with E-state index < -0.39 is 0 Å². The lowest BCUT2D eigenvalue weighted by atomic mass is 9.88. The minimum absolute atomic E-state index is 0.0816. The first-order chi connectivity index (χ1) is 11.7. The molecule has 1 unspecified atom stereocenters. The molecule has 124 valence electrons. The summed E-state index contributed by atoms with van der Waals surface area (Å²) in [6.45, 7) is 2.29. The number of carbonyl (C=O) groups excluding carboxylic acids is 2. The van der Waals surface area contributed by atoms with Crippen LogP contribution in [0.1, 0.15) is 38.5 Å².